The average molecular weight is 280 g/mol. The number of rotatable bonds is 3. The smallest absolute Gasteiger partial charge is 0.162 e. The standard InChI is InChI=1S/C16H28N2O2/c1-11(2)18-14(13(20-6)9-17-18)16(19)8-12(3)7-15(4,5)10-16/h9,11-12,19H,7-8,10H2,1-6H3. The van der Waals surface area contributed by atoms with Crippen LogP contribution in [0.1, 0.15) is 65.6 Å². The van der Waals surface area contributed by atoms with Crippen molar-refractivity contribution in [1.29, 1.82) is 0 Å². The van der Waals surface area contributed by atoms with E-state index in [1.165, 1.54) is 0 Å². The van der Waals surface area contributed by atoms with Crippen LogP contribution in [-0.2, 0) is 5.60 Å². The van der Waals surface area contributed by atoms with Gasteiger partial charge in [-0.2, -0.15) is 5.10 Å². The maximum atomic E-state index is 11.3. The van der Waals surface area contributed by atoms with Crippen LogP contribution in [0.3, 0.4) is 0 Å². The minimum Gasteiger partial charge on any atom is -0.493 e. The summed E-state index contributed by atoms with van der Waals surface area (Å²) in [4.78, 5) is 0. The Labute approximate surface area is 122 Å². The zero-order valence-corrected chi connectivity index (χ0v) is 13.6. The van der Waals surface area contributed by atoms with Crippen LogP contribution in [0.15, 0.2) is 6.20 Å². The van der Waals surface area contributed by atoms with Crippen LogP contribution in [0.5, 0.6) is 5.75 Å². The molecule has 0 spiro atoms. The molecule has 2 atom stereocenters. The summed E-state index contributed by atoms with van der Waals surface area (Å²) in [6.07, 6.45) is 4.39. The maximum Gasteiger partial charge on any atom is 0.162 e. The van der Waals surface area contributed by atoms with Crippen molar-refractivity contribution in [3.8, 4) is 5.75 Å². The topological polar surface area (TPSA) is 47.3 Å². The predicted octanol–water partition coefficient (Wildman–Crippen LogP) is 3.51. The largest absolute Gasteiger partial charge is 0.493 e. The lowest BCUT2D eigenvalue weighted by molar-refractivity contribution is -0.0712. The minimum absolute atomic E-state index is 0.128. The molecule has 0 amide bonds. The molecule has 0 aromatic carbocycles. The second-order valence-electron chi connectivity index (χ2n) is 7.49. The average Bonchev–Trinajstić information content (AvgIpc) is 2.69. The number of methoxy groups -OCH3 is 1. The molecule has 1 heterocycles. The van der Waals surface area contributed by atoms with Crippen LogP contribution in [0, 0.1) is 11.3 Å². The summed E-state index contributed by atoms with van der Waals surface area (Å²) in [6, 6.07) is 0.207. The van der Waals surface area contributed by atoms with E-state index >= 15 is 0 Å². The first kappa shape index (κ1) is 15.4. The van der Waals surface area contributed by atoms with E-state index in [1.54, 1.807) is 13.3 Å². The maximum absolute atomic E-state index is 11.3. The van der Waals surface area contributed by atoms with Gasteiger partial charge in [-0.05, 0) is 44.4 Å². The molecule has 1 saturated carbocycles. The van der Waals surface area contributed by atoms with E-state index in [2.05, 4.69) is 39.7 Å². The Morgan fingerprint density at radius 2 is 2.05 bits per heavy atom. The zero-order valence-electron chi connectivity index (χ0n) is 13.6. The highest BCUT2D eigenvalue weighted by molar-refractivity contribution is 5.32. The number of aromatic nitrogens is 2. The van der Waals surface area contributed by atoms with E-state index in [-0.39, 0.29) is 11.5 Å². The molecule has 2 rings (SSSR count). The highest BCUT2D eigenvalue weighted by Gasteiger charge is 2.46. The highest BCUT2D eigenvalue weighted by atomic mass is 16.5. The Bertz CT molecular complexity index is 479. The molecule has 4 nitrogen and oxygen atoms in total. The van der Waals surface area contributed by atoms with Gasteiger partial charge in [0.1, 0.15) is 11.3 Å². The highest BCUT2D eigenvalue weighted by Crippen LogP contribution is 2.50. The number of nitrogens with zero attached hydrogens (tertiary/aromatic N) is 2. The normalized spacial score (nSPS) is 29.7. The molecule has 114 valence electrons. The molecule has 1 aliphatic rings. The van der Waals surface area contributed by atoms with Crippen molar-refractivity contribution in [2.75, 3.05) is 7.11 Å². The van der Waals surface area contributed by atoms with E-state index in [9.17, 15) is 5.11 Å². The van der Waals surface area contributed by atoms with Gasteiger partial charge in [-0.15, -0.1) is 0 Å². The fourth-order valence-corrected chi connectivity index (χ4v) is 4.04. The molecule has 0 aliphatic heterocycles. The lowest BCUT2D eigenvalue weighted by Gasteiger charge is -2.45. The van der Waals surface area contributed by atoms with Crippen molar-refractivity contribution in [2.45, 2.75) is 65.5 Å². The molecule has 2 unspecified atom stereocenters. The third kappa shape index (κ3) is 2.71. The summed E-state index contributed by atoms with van der Waals surface area (Å²) in [5.74, 6) is 1.19. The van der Waals surface area contributed by atoms with Crippen molar-refractivity contribution in [2.24, 2.45) is 11.3 Å². The molecule has 0 bridgehead atoms. The van der Waals surface area contributed by atoms with Crippen LogP contribution in [-0.4, -0.2) is 22.0 Å². The molecule has 20 heavy (non-hydrogen) atoms. The second kappa shape index (κ2) is 5.06. The van der Waals surface area contributed by atoms with Crippen molar-refractivity contribution < 1.29 is 9.84 Å². The Morgan fingerprint density at radius 3 is 2.55 bits per heavy atom. The Morgan fingerprint density at radius 1 is 1.40 bits per heavy atom. The van der Waals surface area contributed by atoms with Gasteiger partial charge in [0.15, 0.2) is 5.75 Å². The van der Waals surface area contributed by atoms with Gasteiger partial charge in [0.05, 0.1) is 13.3 Å². The molecule has 4 heteroatoms. The second-order valence-corrected chi connectivity index (χ2v) is 7.49. The SMILES string of the molecule is COc1cnn(C(C)C)c1C1(O)CC(C)CC(C)(C)C1. The zero-order chi connectivity index (χ0) is 15.1. The van der Waals surface area contributed by atoms with Crippen molar-refractivity contribution in [1.82, 2.24) is 9.78 Å². The van der Waals surface area contributed by atoms with Crippen LogP contribution >= 0.6 is 0 Å². The van der Waals surface area contributed by atoms with Crippen LogP contribution in [0.25, 0.3) is 0 Å². The molecular weight excluding hydrogens is 252 g/mol. The predicted molar refractivity (Wildman–Crippen MR) is 79.9 cm³/mol. The number of ether oxygens (including phenoxy) is 1. The number of hydrogen-bond acceptors (Lipinski definition) is 3. The Hall–Kier alpha value is -1.03. The third-order valence-electron chi connectivity index (χ3n) is 4.27. The van der Waals surface area contributed by atoms with Crippen LogP contribution in [0.2, 0.25) is 0 Å². The van der Waals surface area contributed by atoms with Gasteiger partial charge in [0.25, 0.3) is 0 Å². The van der Waals surface area contributed by atoms with Crippen LogP contribution in [0.4, 0.5) is 0 Å². The van der Waals surface area contributed by atoms with Gasteiger partial charge >= 0.3 is 0 Å². The molecule has 0 saturated heterocycles. The molecule has 1 aromatic rings. The van der Waals surface area contributed by atoms with E-state index in [1.807, 2.05) is 4.68 Å². The first-order valence-electron chi connectivity index (χ1n) is 7.53. The van der Waals surface area contributed by atoms with E-state index in [4.69, 9.17) is 4.74 Å². The summed E-state index contributed by atoms with van der Waals surface area (Å²) in [6.45, 7) is 10.8. The summed E-state index contributed by atoms with van der Waals surface area (Å²) in [5, 5.41) is 15.7. The summed E-state index contributed by atoms with van der Waals surface area (Å²) >= 11 is 0. The number of hydrogen-bond donors (Lipinski definition) is 1. The monoisotopic (exact) mass is 280 g/mol. The molecule has 1 fully saturated rings. The quantitative estimate of drug-likeness (QED) is 0.921. The van der Waals surface area contributed by atoms with Gasteiger partial charge in [-0.1, -0.05) is 20.8 Å². The summed E-state index contributed by atoms with van der Waals surface area (Å²) in [5.41, 5.74) is 0.117. The van der Waals surface area contributed by atoms with Gasteiger partial charge in [-0.25, -0.2) is 0 Å². The van der Waals surface area contributed by atoms with Crippen molar-refractivity contribution >= 4 is 0 Å². The third-order valence-corrected chi connectivity index (χ3v) is 4.27. The Balaban J connectivity index is 2.50. The fourth-order valence-electron chi connectivity index (χ4n) is 4.04. The van der Waals surface area contributed by atoms with Crippen molar-refractivity contribution in [3.05, 3.63) is 11.9 Å². The molecule has 1 aromatic heterocycles. The van der Waals surface area contributed by atoms with Gasteiger partial charge < -0.3 is 9.84 Å². The first-order chi connectivity index (χ1) is 9.18. The van der Waals surface area contributed by atoms with E-state index in [0.717, 1.165) is 25.0 Å². The van der Waals surface area contributed by atoms with E-state index < -0.39 is 5.60 Å². The number of aliphatic hydroxyl groups is 1. The lowest BCUT2D eigenvalue weighted by atomic mass is 9.64. The summed E-state index contributed by atoms with van der Waals surface area (Å²) in [7, 11) is 1.64. The van der Waals surface area contributed by atoms with Gasteiger partial charge in [0, 0.05) is 6.04 Å². The van der Waals surface area contributed by atoms with E-state index in [0.29, 0.717) is 11.7 Å². The summed E-state index contributed by atoms with van der Waals surface area (Å²) < 4.78 is 7.36. The van der Waals surface area contributed by atoms with Crippen LogP contribution < -0.4 is 4.74 Å². The van der Waals surface area contributed by atoms with Gasteiger partial charge in [0.2, 0.25) is 0 Å². The molecular formula is C16H28N2O2. The fraction of sp³-hybridized carbons (Fsp3) is 0.812. The lowest BCUT2D eigenvalue weighted by Crippen LogP contribution is -2.41. The molecule has 1 N–H and O–H groups in total. The van der Waals surface area contributed by atoms with Gasteiger partial charge in [-0.3, -0.25) is 4.68 Å². The first-order valence-corrected chi connectivity index (χ1v) is 7.53. The Kier molecular flexibility index (Phi) is 3.89. The minimum atomic E-state index is -0.854. The van der Waals surface area contributed by atoms with Crippen molar-refractivity contribution in [3.63, 3.8) is 0 Å². The molecule has 0 radical (unpaired) electrons. The molecule has 1 aliphatic carbocycles.